The van der Waals surface area contributed by atoms with Crippen molar-refractivity contribution in [2.24, 2.45) is 0 Å². The molecule has 0 saturated carbocycles. The summed E-state index contributed by atoms with van der Waals surface area (Å²) in [5, 5.41) is 2.53. The third kappa shape index (κ3) is 5.85. The molecule has 0 bridgehead atoms. The van der Waals surface area contributed by atoms with Gasteiger partial charge in [0.15, 0.2) is 9.84 Å². The second kappa shape index (κ2) is 3.72. The zero-order valence-corrected chi connectivity index (χ0v) is 8.20. The van der Waals surface area contributed by atoms with Crippen LogP contribution in [0.2, 0.25) is 0 Å². The third-order valence-electron chi connectivity index (χ3n) is 0.800. The largest absolute Gasteiger partial charge is 0.220 e. The van der Waals surface area contributed by atoms with Crippen LogP contribution in [-0.2, 0) is 9.84 Å². The lowest BCUT2D eigenvalue weighted by Gasteiger charge is -1.92. The number of rotatable bonds is 2. The Balaban J connectivity index is 4.80. The Hall–Kier alpha value is -0.570. The lowest BCUT2D eigenvalue weighted by molar-refractivity contribution is 0.612. The molecule has 0 amide bonds. The molecular formula is C8H14O2S. The smallest absolute Gasteiger partial charge is 0.192 e. The van der Waals surface area contributed by atoms with Crippen LogP contribution in [0, 0.1) is 0 Å². The molecule has 0 aliphatic heterocycles. The first-order valence-corrected chi connectivity index (χ1v) is 4.99. The fourth-order valence-electron chi connectivity index (χ4n) is 0.691. The highest BCUT2D eigenvalue weighted by molar-refractivity contribution is 7.97. The average molecular weight is 174 g/mol. The van der Waals surface area contributed by atoms with E-state index in [1.165, 1.54) is 10.8 Å². The molecule has 2 nitrogen and oxygen atoms in total. The van der Waals surface area contributed by atoms with Crippen LogP contribution < -0.4 is 0 Å². The van der Waals surface area contributed by atoms with Gasteiger partial charge in [0.2, 0.25) is 0 Å². The minimum absolute atomic E-state index is 0.794. The molecule has 11 heavy (non-hydrogen) atoms. The Morgan fingerprint density at radius 3 is 1.36 bits per heavy atom. The second-order valence-corrected chi connectivity index (χ2v) is 4.63. The number of sulfone groups is 1. The van der Waals surface area contributed by atoms with Crippen LogP contribution in [0.25, 0.3) is 0 Å². The first-order valence-electron chi connectivity index (χ1n) is 3.38. The summed E-state index contributed by atoms with van der Waals surface area (Å²) in [5.41, 5.74) is 1.59. The molecule has 0 heterocycles. The summed E-state index contributed by atoms with van der Waals surface area (Å²) in [5.74, 6) is 0. The number of hydrogen-bond acceptors (Lipinski definition) is 2. The van der Waals surface area contributed by atoms with Crippen molar-refractivity contribution in [3.05, 3.63) is 22.0 Å². The van der Waals surface area contributed by atoms with Crippen LogP contribution in [0.3, 0.4) is 0 Å². The molecule has 0 aromatic rings. The molecule has 0 rings (SSSR count). The molecule has 0 aliphatic rings. The van der Waals surface area contributed by atoms with Crippen LogP contribution in [0.1, 0.15) is 27.7 Å². The highest BCUT2D eigenvalue weighted by Crippen LogP contribution is 2.03. The van der Waals surface area contributed by atoms with Crippen molar-refractivity contribution in [1.29, 1.82) is 0 Å². The van der Waals surface area contributed by atoms with Gasteiger partial charge in [0.05, 0.1) is 0 Å². The fraction of sp³-hybridized carbons (Fsp3) is 0.500. The molecule has 0 N–H and O–H groups in total. The predicted molar refractivity (Wildman–Crippen MR) is 47.8 cm³/mol. The van der Waals surface area contributed by atoms with Gasteiger partial charge in [-0.1, -0.05) is 11.1 Å². The van der Waals surface area contributed by atoms with E-state index in [1.54, 1.807) is 27.7 Å². The van der Waals surface area contributed by atoms with Crippen LogP contribution in [-0.4, -0.2) is 8.42 Å². The Morgan fingerprint density at radius 1 is 0.909 bits per heavy atom. The maximum absolute atomic E-state index is 11.1. The summed E-state index contributed by atoms with van der Waals surface area (Å²) in [4.78, 5) is 0. The van der Waals surface area contributed by atoms with Gasteiger partial charge >= 0.3 is 0 Å². The number of hydrogen-bond donors (Lipinski definition) is 0. The summed E-state index contributed by atoms with van der Waals surface area (Å²) in [6.07, 6.45) is 0. The fourth-order valence-corrected chi connectivity index (χ4v) is 2.07. The molecule has 0 aromatic carbocycles. The second-order valence-electron chi connectivity index (χ2n) is 2.98. The molecule has 0 unspecified atom stereocenters. The van der Waals surface area contributed by atoms with Crippen LogP contribution in [0.15, 0.2) is 22.0 Å². The molecule has 0 fully saturated rings. The van der Waals surface area contributed by atoms with Crippen molar-refractivity contribution in [1.82, 2.24) is 0 Å². The van der Waals surface area contributed by atoms with E-state index in [0.29, 0.717) is 0 Å². The first kappa shape index (κ1) is 10.4. The van der Waals surface area contributed by atoms with Gasteiger partial charge in [0.1, 0.15) is 0 Å². The minimum Gasteiger partial charge on any atom is -0.220 e. The van der Waals surface area contributed by atoms with Crippen molar-refractivity contribution in [2.45, 2.75) is 27.7 Å². The topological polar surface area (TPSA) is 34.1 Å². The maximum Gasteiger partial charge on any atom is 0.192 e. The SMILES string of the molecule is CC(C)=CS(=O)(=O)C=C(C)C. The average Bonchev–Trinajstić information content (AvgIpc) is 1.53. The van der Waals surface area contributed by atoms with Crippen molar-refractivity contribution in [2.75, 3.05) is 0 Å². The van der Waals surface area contributed by atoms with Gasteiger partial charge in [0, 0.05) is 10.8 Å². The van der Waals surface area contributed by atoms with Crippen molar-refractivity contribution in [3.63, 3.8) is 0 Å². The zero-order valence-electron chi connectivity index (χ0n) is 7.38. The van der Waals surface area contributed by atoms with E-state index in [2.05, 4.69) is 0 Å². The van der Waals surface area contributed by atoms with Crippen LogP contribution in [0.4, 0.5) is 0 Å². The van der Waals surface area contributed by atoms with E-state index in [1.807, 2.05) is 0 Å². The van der Waals surface area contributed by atoms with Crippen LogP contribution in [0.5, 0.6) is 0 Å². The van der Waals surface area contributed by atoms with E-state index in [4.69, 9.17) is 0 Å². The van der Waals surface area contributed by atoms with E-state index in [0.717, 1.165) is 11.1 Å². The Bertz CT molecular complexity index is 249. The first-order chi connectivity index (χ1) is 4.83. The normalized spacial score (nSPS) is 10.5. The third-order valence-corrected chi connectivity index (χ3v) is 2.40. The molecule has 64 valence electrons. The summed E-state index contributed by atoms with van der Waals surface area (Å²) >= 11 is 0. The maximum atomic E-state index is 11.1. The van der Waals surface area contributed by atoms with Gasteiger partial charge in [-0.2, -0.15) is 0 Å². The zero-order chi connectivity index (χ0) is 9.07. The van der Waals surface area contributed by atoms with E-state index in [9.17, 15) is 8.42 Å². The monoisotopic (exact) mass is 174 g/mol. The van der Waals surface area contributed by atoms with Crippen molar-refractivity contribution >= 4 is 9.84 Å². The predicted octanol–water partition coefficient (Wildman–Crippen LogP) is 2.25. The van der Waals surface area contributed by atoms with Gasteiger partial charge in [-0.15, -0.1) is 0 Å². The highest BCUT2D eigenvalue weighted by Gasteiger charge is 1.99. The molecule has 0 radical (unpaired) electrons. The molecule has 0 aromatic heterocycles. The highest BCUT2D eigenvalue weighted by atomic mass is 32.2. The van der Waals surface area contributed by atoms with Gasteiger partial charge in [-0.05, 0) is 27.7 Å². The van der Waals surface area contributed by atoms with Gasteiger partial charge in [0.25, 0.3) is 0 Å². The van der Waals surface area contributed by atoms with Crippen LogP contribution >= 0.6 is 0 Å². The molecular weight excluding hydrogens is 160 g/mol. The minimum atomic E-state index is -3.10. The summed E-state index contributed by atoms with van der Waals surface area (Å²) in [7, 11) is -3.10. The Morgan fingerprint density at radius 2 is 1.18 bits per heavy atom. The molecule has 0 aliphatic carbocycles. The summed E-state index contributed by atoms with van der Waals surface area (Å²) in [6, 6.07) is 0. The number of allylic oxidation sites excluding steroid dienone is 2. The van der Waals surface area contributed by atoms with Gasteiger partial charge < -0.3 is 0 Å². The summed E-state index contributed by atoms with van der Waals surface area (Å²) in [6.45, 7) is 7.04. The lowest BCUT2D eigenvalue weighted by atomic mass is 10.4. The van der Waals surface area contributed by atoms with Crippen molar-refractivity contribution in [3.8, 4) is 0 Å². The van der Waals surface area contributed by atoms with E-state index >= 15 is 0 Å². The van der Waals surface area contributed by atoms with Crippen molar-refractivity contribution < 1.29 is 8.42 Å². The quantitative estimate of drug-likeness (QED) is 0.643. The molecule has 0 spiro atoms. The van der Waals surface area contributed by atoms with E-state index < -0.39 is 9.84 Å². The summed E-state index contributed by atoms with van der Waals surface area (Å²) < 4.78 is 22.2. The molecule has 0 saturated heterocycles. The molecule has 3 heteroatoms. The van der Waals surface area contributed by atoms with Gasteiger partial charge in [-0.25, -0.2) is 8.42 Å². The standard InChI is InChI=1S/C8H14O2S/c1-7(2)5-11(9,10)6-8(3)4/h5-6H,1-4H3. The Labute approximate surface area is 68.5 Å². The Kier molecular flexibility index (Phi) is 3.52. The molecule has 0 atom stereocenters. The van der Waals surface area contributed by atoms with Gasteiger partial charge in [-0.3, -0.25) is 0 Å². The lowest BCUT2D eigenvalue weighted by Crippen LogP contribution is -1.90. The van der Waals surface area contributed by atoms with E-state index in [-0.39, 0.29) is 0 Å².